The molecule has 1 aliphatic rings. The van der Waals surface area contributed by atoms with Crippen molar-refractivity contribution in [3.63, 3.8) is 0 Å². The third-order valence-corrected chi connectivity index (χ3v) is 5.03. The zero-order chi connectivity index (χ0) is 15.9. The Kier molecular flexibility index (Phi) is 5.72. The lowest BCUT2D eigenvalue weighted by Gasteiger charge is -2.12. The number of nitrogens with one attached hydrogen (secondary N) is 2. The largest absolute Gasteiger partial charge is 0.325 e. The van der Waals surface area contributed by atoms with Crippen LogP contribution in [0.3, 0.4) is 0 Å². The van der Waals surface area contributed by atoms with E-state index in [0.29, 0.717) is 0 Å². The second-order valence-corrected chi connectivity index (χ2v) is 6.80. The Morgan fingerprint density at radius 1 is 1.09 bits per heavy atom. The van der Waals surface area contributed by atoms with Gasteiger partial charge in [-0.25, -0.2) is 0 Å². The number of rotatable bonds is 6. The molecule has 4 heteroatoms. The molecule has 1 saturated heterocycles. The second-order valence-electron chi connectivity index (χ2n) is 5.82. The van der Waals surface area contributed by atoms with Crippen molar-refractivity contribution >= 4 is 23.4 Å². The molecule has 3 nitrogen and oxygen atoms in total. The van der Waals surface area contributed by atoms with E-state index in [1.807, 2.05) is 30.0 Å². The van der Waals surface area contributed by atoms with Crippen LogP contribution in [0.25, 0.3) is 0 Å². The molecule has 0 spiro atoms. The highest BCUT2D eigenvalue weighted by atomic mass is 32.2. The monoisotopic (exact) mass is 326 g/mol. The van der Waals surface area contributed by atoms with Crippen molar-refractivity contribution in [2.75, 3.05) is 11.9 Å². The average Bonchev–Trinajstić information content (AvgIpc) is 3.11. The summed E-state index contributed by atoms with van der Waals surface area (Å²) in [4.78, 5) is 12.1. The number of carbonyl (C=O) groups is 1. The van der Waals surface area contributed by atoms with Crippen molar-refractivity contribution in [2.24, 2.45) is 0 Å². The van der Waals surface area contributed by atoms with E-state index in [9.17, 15) is 4.79 Å². The summed E-state index contributed by atoms with van der Waals surface area (Å²) < 4.78 is 0. The molecule has 1 fully saturated rings. The minimum absolute atomic E-state index is 0.0360. The van der Waals surface area contributed by atoms with Gasteiger partial charge in [0.1, 0.15) is 0 Å². The summed E-state index contributed by atoms with van der Waals surface area (Å²) in [6.45, 7) is 0.939. The van der Waals surface area contributed by atoms with Gasteiger partial charge in [-0.15, -0.1) is 0 Å². The van der Waals surface area contributed by atoms with E-state index in [1.54, 1.807) is 0 Å². The molecule has 1 atom stereocenters. The first-order chi connectivity index (χ1) is 11.3. The van der Waals surface area contributed by atoms with Gasteiger partial charge < -0.3 is 10.6 Å². The predicted molar refractivity (Wildman–Crippen MR) is 97.5 cm³/mol. The number of carbonyl (C=O) groups excluding carboxylic acids is 1. The van der Waals surface area contributed by atoms with Crippen molar-refractivity contribution in [1.29, 1.82) is 0 Å². The molecule has 2 N–H and O–H groups in total. The van der Waals surface area contributed by atoms with Crippen LogP contribution in [0.5, 0.6) is 0 Å². The summed E-state index contributed by atoms with van der Waals surface area (Å²) in [5.41, 5.74) is 3.47. The minimum atomic E-state index is -0.0360. The van der Waals surface area contributed by atoms with Gasteiger partial charge in [-0.05, 0) is 42.6 Å². The van der Waals surface area contributed by atoms with Gasteiger partial charge in [0.2, 0.25) is 5.91 Å². The van der Waals surface area contributed by atoms with Crippen LogP contribution in [0.4, 0.5) is 5.69 Å². The summed E-state index contributed by atoms with van der Waals surface area (Å²) in [6.07, 6.45) is 2.01. The van der Waals surface area contributed by atoms with Gasteiger partial charge >= 0.3 is 0 Å². The van der Waals surface area contributed by atoms with Crippen LogP contribution in [0.1, 0.15) is 24.0 Å². The third-order valence-electron chi connectivity index (χ3n) is 3.95. The maximum Gasteiger partial charge on any atom is 0.241 e. The van der Waals surface area contributed by atoms with Gasteiger partial charge in [0.25, 0.3) is 0 Å². The number of benzene rings is 2. The van der Waals surface area contributed by atoms with Crippen LogP contribution in [0, 0.1) is 0 Å². The molecule has 2 aromatic carbocycles. The molecule has 1 unspecified atom stereocenters. The Bertz CT molecular complexity index is 639. The van der Waals surface area contributed by atoms with Crippen LogP contribution in [-0.4, -0.2) is 18.5 Å². The molecule has 0 aliphatic carbocycles. The first kappa shape index (κ1) is 16.1. The maximum atomic E-state index is 12.1. The number of anilines is 1. The molecule has 0 bridgehead atoms. The molecule has 23 heavy (non-hydrogen) atoms. The number of amides is 1. The topological polar surface area (TPSA) is 41.1 Å². The van der Waals surface area contributed by atoms with Gasteiger partial charge in [-0.2, -0.15) is 11.8 Å². The minimum Gasteiger partial charge on any atom is -0.325 e. The van der Waals surface area contributed by atoms with Crippen molar-refractivity contribution < 1.29 is 4.79 Å². The normalized spacial score (nSPS) is 17.1. The Morgan fingerprint density at radius 2 is 1.87 bits per heavy atom. The highest BCUT2D eigenvalue weighted by Crippen LogP contribution is 2.20. The molecule has 0 radical (unpaired) electrons. The number of thioether (sulfide) groups is 1. The van der Waals surface area contributed by atoms with Crippen molar-refractivity contribution in [2.45, 2.75) is 30.4 Å². The first-order valence-electron chi connectivity index (χ1n) is 8.06. The van der Waals surface area contributed by atoms with E-state index < -0.39 is 0 Å². The Hall–Kier alpha value is -1.78. The first-order valence-corrected chi connectivity index (χ1v) is 9.21. The molecule has 120 valence electrons. The lowest BCUT2D eigenvalue weighted by atomic mass is 10.2. The van der Waals surface area contributed by atoms with Gasteiger partial charge in [-0.3, -0.25) is 4.79 Å². The molecular formula is C19H22N2OS. The molecule has 1 heterocycles. The quantitative estimate of drug-likeness (QED) is 0.848. The van der Waals surface area contributed by atoms with E-state index in [-0.39, 0.29) is 11.9 Å². The summed E-state index contributed by atoms with van der Waals surface area (Å²) in [5, 5.41) is 6.25. The summed E-state index contributed by atoms with van der Waals surface area (Å²) in [6, 6.07) is 18.6. The molecule has 1 aliphatic heterocycles. The van der Waals surface area contributed by atoms with Crippen LogP contribution < -0.4 is 10.6 Å². The third kappa shape index (κ3) is 4.85. The molecule has 0 aromatic heterocycles. The fourth-order valence-electron chi connectivity index (χ4n) is 2.74. The fraction of sp³-hybridized carbons (Fsp3) is 0.316. The van der Waals surface area contributed by atoms with E-state index in [0.717, 1.165) is 36.6 Å². The van der Waals surface area contributed by atoms with Gasteiger partial charge in [0, 0.05) is 17.2 Å². The molecule has 1 amide bonds. The lowest BCUT2D eigenvalue weighted by Crippen LogP contribution is -2.35. The molecular weight excluding hydrogens is 304 g/mol. The van der Waals surface area contributed by atoms with Crippen molar-refractivity contribution in [3.8, 4) is 0 Å². The van der Waals surface area contributed by atoms with Gasteiger partial charge in [0.15, 0.2) is 0 Å². The zero-order valence-corrected chi connectivity index (χ0v) is 13.9. The highest BCUT2D eigenvalue weighted by Gasteiger charge is 2.21. The highest BCUT2D eigenvalue weighted by molar-refractivity contribution is 7.97. The molecule has 0 saturated carbocycles. The van der Waals surface area contributed by atoms with Crippen LogP contribution in [0.15, 0.2) is 54.6 Å². The van der Waals surface area contributed by atoms with E-state index in [1.165, 1.54) is 11.1 Å². The fourth-order valence-corrected chi connectivity index (χ4v) is 3.68. The van der Waals surface area contributed by atoms with Crippen molar-refractivity contribution in [3.05, 3.63) is 65.7 Å². The molecule has 3 rings (SSSR count). The summed E-state index contributed by atoms with van der Waals surface area (Å²) >= 11 is 1.89. The summed E-state index contributed by atoms with van der Waals surface area (Å²) in [7, 11) is 0. The van der Waals surface area contributed by atoms with Gasteiger partial charge in [0.05, 0.1) is 6.04 Å². The maximum absolute atomic E-state index is 12.1. The zero-order valence-electron chi connectivity index (χ0n) is 13.1. The Balaban J connectivity index is 1.51. The second kappa shape index (κ2) is 8.18. The van der Waals surface area contributed by atoms with Crippen LogP contribution in [0.2, 0.25) is 0 Å². The van der Waals surface area contributed by atoms with Crippen molar-refractivity contribution in [1.82, 2.24) is 5.32 Å². The smallest absolute Gasteiger partial charge is 0.241 e. The van der Waals surface area contributed by atoms with E-state index >= 15 is 0 Å². The van der Waals surface area contributed by atoms with Gasteiger partial charge in [-0.1, -0.05) is 42.5 Å². The summed E-state index contributed by atoms with van der Waals surface area (Å²) in [5.74, 6) is 2.03. The number of hydrogen-bond acceptors (Lipinski definition) is 3. The molecule has 2 aromatic rings. The number of hydrogen-bond donors (Lipinski definition) is 2. The average molecular weight is 326 g/mol. The van der Waals surface area contributed by atoms with Crippen LogP contribution in [-0.2, 0) is 16.3 Å². The Morgan fingerprint density at radius 3 is 2.65 bits per heavy atom. The lowest BCUT2D eigenvalue weighted by molar-refractivity contribution is -0.117. The predicted octanol–water partition coefficient (Wildman–Crippen LogP) is 3.81. The Labute approximate surface area is 141 Å². The van der Waals surface area contributed by atoms with E-state index in [4.69, 9.17) is 0 Å². The standard InChI is InChI=1S/C19H22N2OS/c22-19(18-10-5-11-20-18)21-17-9-4-8-16(12-17)14-23-13-15-6-2-1-3-7-15/h1-4,6-9,12,18,20H,5,10-11,13-14H2,(H,21,22). The van der Waals surface area contributed by atoms with E-state index in [2.05, 4.69) is 47.0 Å². The van der Waals surface area contributed by atoms with Crippen LogP contribution >= 0.6 is 11.8 Å². The SMILES string of the molecule is O=C(Nc1cccc(CSCc2ccccc2)c1)C1CCCN1.